The Morgan fingerprint density at radius 3 is 2.43 bits per heavy atom. The fourth-order valence-corrected chi connectivity index (χ4v) is 2.34. The van der Waals surface area contributed by atoms with E-state index in [-0.39, 0.29) is 12.7 Å². The molecule has 1 aromatic carbocycles. The van der Waals surface area contributed by atoms with Crippen molar-refractivity contribution in [2.24, 2.45) is 0 Å². The molecule has 0 aliphatic carbocycles. The van der Waals surface area contributed by atoms with E-state index >= 15 is 0 Å². The van der Waals surface area contributed by atoms with Crippen LogP contribution >= 0.6 is 0 Å². The molecule has 0 aliphatic rings. The van der Waals surface area contributed by atoms with Crippen molar-refractivity contribution in [2.75, 3.05) is 19.7 Å². The second kappa shape index (κ2) is 12.0. The van der Waals surface area contributed by atoms with Crippen LogP contribution in [0.1, 0.15) is 39.7 Å². The molecule has 0 bridgehead atoms. The SMILES string of the molecule is C=C/C(=C\C=C/C)Oc1ccc(CCN(CCCO)C(=O)OC(C)(C)C)cc1. The van der Waals surface area contributed by atoms with Gasteiger partial charge in [-0.3, -0.25) is 0 Å². The van der Waals surface area contributed by atoms with Gasteiger partial charge in [-0.05, 0) is 70.4 Å². The van der Waals surface area contributed by atoms with Crippen molar-refractivity contribution in [1.82, 2.24) is 4.90 Å². The lowest BCUT2D eigenvalue weighted by molar-refractivity contribution is 0.0242. The highest BCUT2D eigenvalue weighted by atomic mass is 16.6. The van der Waals surface area contributed by atoms with Crippen molar-refractivity contribution in [1.29, 1.82) is 0 Å². The molecule has 5 heteroatoms. The molecule has 1 aromatic rings. The Balaban J connectivity index is 2.70. The minimum atomic E-state index is -0.545. The lowest BCUT2D eigenvalue weighted by Gasteiger charge is -2.27. The molecular formula is C23H33NO4. The van der Waals surface area contributed by atoms with Crippen molar-refractivity contribution in [2.45, 2.75) is 46.1 Å². The van der Waals surface area contributed by atoms with Gasteiger partial charge in [0, 0.05) is 19.7 Å². The molecule has 5 nitrogen and oxygen atoms in total. The smallest absolute Gasteiger partial charge is 0.410 e. The Morgan fingerprint density at radius 2 is 1.89 bits per heavy atom. The number of allylic oxidation sites excluding steroid dienone is 4. The number of rotatable bonds is 10. The van der Waals surface area contributed by atoms with Gasteiger partial charge in [-0.25, -0.2) is 4.79 Å². The number of carbonyl (C=O) groups is 1. The number of carbonyl (C=O) groups excluding carboxylic acids is 1. The van der Waals surface area contributed by atoms with E-state index < -0.39 is 5.60 Å². The summed E-state index contributed by atoms with van der Waals surface area (Å²) in [5.74, 6) is 1.40. The molecule has 0 saturated heterocycles. The zero-order chi connectivity index (χ0) is 21.0. The number of ether oxygens (including phenoxy) is 2. The van der Waals surface area contributed by atoms with Gasteiger partial charge in [0.2, 0.25) is 0 Å². The quantitative estimate of drug-likeness (QED) is 0.459. The predicted molar refractivity (Wildman–Crippen MR) is 113 cm³/mol. The minimum absolute atomic E-state index is 0.0394. The molecule has 0 saturated carbocycles. The Labute approximate surface area is 169 Å². The molecule has 1 rings (SSSR count). The Hall–Kier alpha value is -2.53. The van der Waals surface area contributed by atoms with Crippen LogP contribution in [0.5, 0.6) is 5.75 Å². The second-order valence-electron chi connectivity index (χ2n) is 7.34. The van der Waals surface area contributed by atoms with E-state index in [2.05, 4.69) is 6.58 Å². The van der Waals surface area contributed by atoms with Crippen molar-refractivity contribution >= 4 is 6.09 Å². The van der Waals surface area contributed by atoms with Gasteiger partial charge in [-0.2, -0.15) is 0 Å². The van der Waals surface area contributed by atoms with E-state index in [0.29, 0.717) is 31.7 Å². The van der Waals surface area contributed by atoms with E-state index in [1.165, 1.54) is 0 Å². The molecule has 28 heavy (non-hydrogen) atoms. The van der Waals surface area contributed by atoms with Crippen LogP contribution in [0, 0.1) is 0 Å². The van der Waals surface area contributed by atoms with Crippen LogP contribution in [0.4, 0.5) is 4.79 Å². The van der Waals surface area contributed by atoms with Crippen LogP contribution in [0.2, 0.25) is 0 Å². The average molecular weight is 388 g/mol. The average Bonchev–Trinajstić information content (AvgIpc) is 2.64. The summed E-state index contributed by atoms with van der Waals surface area (Å²) in [5.41, 5.74) is 0.541. The summed E-state index contributed by atoms with van der Waals surface area (Å²) in [6.45, 7) is 12.2. The molecule has 0 aromatic heterocycles. The number of amides is 1. The van der Waals surface area contributed by atoms with Gasteiger partial charge in [0.25, 0.3) is 0 Å². The highest BCUT2D eigenvalue weighted by Gasteiger charge is 2.21. The summed E-state index contributed by atoms with van der Waals surface area (Å²) in [7, 11) is 0. The first-order valence-electron chi connectivity index (χ1n) is 9.60. The van der Waals surface area contributed by atoms with Crippen LogP contribution in [0.3, 0.4) is 0 Å². The monoisotopic (exact) mass is 387 g/mol. The topological polar surface area (TPSA) is 59.0 Å². The highest BCUT2D eigenvalue weighted by molar-refractivity contribution is 5.68. The van der Waals surface area contributed by atoms with E-state index in [4.69, 9.17) is 14.6 Å². The van der Waals surface area contributed by atoms with Gasteiger partial charge in [0.15, 0.2) is 0 Å². The summed E-state index contributed by atoms with van der Waals surface area (Å²) < 4.78 is 11.2. The molecule has 154 valence electrons. The number of hydrogen-bond donors (Lipinski definition) is 1. The fourth-order valence-electron chi connectivity index (χ4n) is 2.34. The number of aliphatic hydroxyl groups is 1. The molecule has 0 aliphatic heterocycles. The van der Waals surface area contributed by atoms with E-state index in [9.17, 15) is 4.79 Å². The third-order valence-electron chi connectivity index (χ3n) is 3.72. The van der Waals surface area contributed by atoms with Gasteiger partial charge >= 0.3 is 6.09 Å². The first-order chi connectivity index (χ1) is 13.3. The third-order valence-corrected chi connectivity index (χ3v) is 3.72. The lowest BCUT2D eigenvalue weighted by atomic mass is 10.1. The minimum Gasteiger partial charge on any atom is -0.457 e. The van der Waals surface area contributed by atoms with Gasteiger partial charge in [-0.1, -0.05) is 30.9 Å². The summed E-state index contributed by atoms with van der Waals surface area (Å²) >= 11 is 0. The standard InChI is InChI=1S/C23H33NO4/c1-6-8-10-20(7-2)27-21-13-11-19(12-14-21)15-17-24(16-9-18-25)22(26)28-23(3,4)5/h6-8,10-14,25H,2,9,15-18H2,1,3-5H3/b8-6-,20-10+. The normalized spacial score (nSPS) is 12.1. The van der Waals surface area contributed by atoms with Crippen molar-refractivity contribution in [3.05, 3.63) is 66.5 Å². The number of nitrogens with zero attached hydrogens (tertiary/aromatic N) is 1. The largest absolute Gasteiger partial charge is 0.457 e. The first-order valence-corrected chi connectivity index (χ1v) is 9.60. The van der Waals surface area contributed by atoms with Gasteiger partial charge in [0.05, 0.1) is 0 Å². The second-order valence-corrected chi connectivity index (χ2v) is 7.34. The molecule has 0 spiro atoms. The van der Waals surface area contributed by atoms with Crippen molar-refractivity contribution in [3.63, 3.8) is 0 Å². The molecule has 0 unspecified atom stereocenters. The third kappa shape index (κ3) is 9.42. The molecule has 1 N–H and O–H groups in total. The summed E-state index contributed by atoms with van der Waals surface area (Å²) in [5, 5.41) is 9.08. The van der Waals surface area contributed by atoms with Crippen LogP contribution in [-0.4, -0.2) is 41.4 Å². The molecule has 0 atom stereocenters. The van der Waals surface area contributed by atoms with Crippen LogP contribution in [-0.2, 0) is 11.2 Å². The lowest BCUT2D eigenvalue weighted by Crippen LogP contribution is -2.38. The fraction of sp³-hybridized carbons (Fsp3) is 0.435. The Kier molecular flexibility index (Phi) is 10.1. The zero-order valence-corrected chi connectivity index (χ0v) is 17.5. The van der Waals surface area contributed by atoms with Gasteiger partial charge in [-0.15, -0.1) is 0 Å². The maximum absolute atomic E-state index is 12.4. The number of benzene rings is 1. The maximum atomic E-state index is 12.4. The van der Waals surface area contributed by atoms with Gasteiger partial charge in [0.1, 0.15) is 17.1 Å². The molecule has 0 radical (unpaired) electrons. The predicted octanol–water partition coefficient (Wildman–Crippen LogP) is 4.87. The molecule has 1 amide bonds. The van der Waals surface area contributed by atoms with E-state index in [0.717, 1.165) is 11.3 Å². The number of aliphatic hydroxyl groups excluding tert-OH is 1. The number of hydrogen-bond acceptors (Lipinski definition) is 4. The van der Waals surface area contributed by atoms with Crippen LogP contribution in [0.25, 0.3) is 0 Å². The van der Waals surface area contributed by atoms with Crippen molar-refractivity contribution in [3.8, 4) is 5.75 Å². The zero-order valence-electron chi connectivity index (χ0n) is 17.5. The summed E-state index contributed by atoms with van der Waals surface area (Å²) in [4.78, 5) is 14.0. The first kappa shape index (κ1) is 23.5. The molecule has 0 fully saturated rings. The van der Waals surface area contributed by atoms with Crippen LogP contribution < -0.4 is 4.74 Å². The molecule has 0 heterocycles. The van der Waals surface area contributed by atoms with Crippen LogP contribution in [0.15, 0.2) is 60.9 Å². The highest BCUT2D eigenvalue weighted by Crippen LogP contribution is 2.17. The summed E-state index contributed by atoms with van der Waals surface area (Å²) in [6.07, 6.45) is 8.18. The molecular weight excluding hydrogens is 354 g/mol. The summed E-state index contributed by atoms with van der Waals surface area (Å²) in [6, 6.07) is 7.75. The van der Waals surface area contributed by atoms with E-state index in [1.54, 1.807) is 11.0 Å². The maximum Gasteiger partial charge on any atom is 0.410 e. The van der Waals surface area contributed by atoms with Gasteiger partial charge < -0.3 is 19.5 Å². The Morgan fingerprint density at radius 1 is 1.21 bits per heavy atom. The Bertz CT molecular complexity index is 669. The van der Waals surface area contributed by atoms with Crippen molar-refractivity contribution < 1.29 is 19.4 Å². The van der Waals surface area contributed by atoms with E-state index in [1.807, 2.05) is 70.2 Å².